The fourth-order valence-corrected chi connectivity index (χ4v) is 14.9. The summed E-state index contributed by atoms with van der Waals surface area (Å²) in [5.74, 6) is 0. The second-order valence-corrected chi connectivity index (χ2v) is 27.7. The number of hydrogen-bond acceptors (Lipinski definition) is 2. The van der Waals surface area contributed by atoms with Crippen molar-refractivity contribution in [3.05, 3.63) is 265 Å². The SMILES string of the molecule is CC(C)(C)c1cc(-c2ccc(N3c4cc(-c5ccccc5)ccc4B4c5ccc(-c6ccccc6)cc5N(c5ccc(-c6ccc7c(c6)C(C)(C)CC7(C)C)cc5)c5cc(-n6c7ccccc7c7ccccc76)cc3c54)cc2)cc(C(C)(C)C)c1. The summed E-state index contributed by atoms with van der Waals surface area (Å²) in [6.07, 6.45) is 1.14. The molecule has 0 saturated heterocycles. The molecule has 15 rings (SSSR count). The molecule has 0 bridgehead atoms. The number of anilines is 6. The molecule has 3 heterocycles. The molecule has 85 heavy (non-hydrogen) atoms. The highest BCUT2D eigenvalue weighted by molar-refractivity contribution is 7.00. The lowest BCUT2D eigenvalue weighted by Gasteiger charge is -2.44. The van der Waals surface area contributed by atoms with E-state index in [1.54, 1.807) is 0 Å². The highest BCUT2D eigenvalue weighted by atomic mass is 15.2. The third-order valence-electron chi connectivity index (χ3n) is 19.1. The highest BCUT2D eigenvalue weighted by Gasteiger charge is 2.45. The van der Waals surface area contributed by atoms with Crippen LogP contribution < -0.4 is 26.2 Å². The van der Waals surface area contributed by atoms with Gasteiger partial charge in [0.15, 0.2) is 0 Å². The number of hydrogen-bond donors (Lipinski definition) is 0. The Morgan fingerprint density at radius 1 is 0.329 bits per heavy atom. The molecule has 4 heteroatoms. The van der Waals surface area contributed by atoms with E-state index in [0.29, 0.717) is 0 Å². The van der Waals surface area contributed by atoms with Crippen LogP contribution in [0.15, 0.2) is 243 Å². The minimum atomic E-state index is -0.0853. The van der Waals surface area contributed by atoms with Gasteiger partial charge in [0.25, 0.3) is 6.71 Å². The minimum Gasteiger partial charge on any atom is -0.311 e. The number of benzene rings is 11. The molecule has 3 nitrogen and oxygen atoms in total. The van der Waals surface area contributed by atoms with Gasteiger partial charge in [-0.15, -0.1) is 0 Å². The zero-order valence-corrected chi connectivity index (χ0v) is 50.7. The Bertz CT molecular complexity index is 4540. The van der Waals surface area contributed by atoms with Crippen LogP contribution in [-0.4, -0.2) is 11.3 Å². The Hall–Kier alpha value is -9.12. The molecule has 1 aromatic heterocycles. The van der Waals surface area contributed by atoms with Gasteiger partial charge in [-0.25, -0.2) is 0 Å². The summed E-state index contributed by atoms with van der Waals surface area (Å²) in [6.45, 7) is 23.5. The summed E-state index contributed by atoms with van der Waals surface area (Å²) in [5, 5.41) is 2.48. The van der Waals surface area contributed by atoms with Crippen molar-refractivity contribution in [3.63, 3.8) is 0 Å². The van der Waals surface area contributed by atoms with Crippen LogP contribution in [0.5, 0.6) is 0 Å². The molecule has 11 aromatic carbocycles. The molecule has 12 aromatic rings. The van der Waals surface area contributed by atoms with Gasteiger partial charge in [-0.3, -0.25) is 0 Å². The lowest BCUT2D eigenvalue weighted by atomic mass is 9.33. The molecule has 1 aliphatic carbocycles. The van der Waals surface area contributed by atoms with Gasteiger partial charge in [0.2, 0.25) is 0 Å². The van der Waals surface area contributed by atoms with Gasteiger partial charge in [-0.1, -0.05) is 251 Å². The molecular weight excluding hydrogens is 1030 g/mol. The van der Waals surface area contributed by atoms with Crippen LogP contribution in [0, 0.1) is 0 Å². The second kappa shape index (κ2) is 19.2. The van der Waals surface area contributed by atoms with Crippen molar-refractivity contribution in [3.8, 4) is 50.2 Å². The van der Waals surface area contributed by atoms with Crippen LogP contribution in [0.3, 0.4) is 0 Å². The Kier molecular flexibility index (Phi) is 11.9. The van der Waals surface area contributed by atoms with Crippen LogP contribution >= 0.6 is 0 Å². The fourth-order valence-electron chi connectivity index (χ4n) is 14.9. The van der Waals surface area contributed by atoms with E-state index in [-0.39, 0.29) is 28.4 Å². The van der Waals surface area contributed by atoms with E-state index in [4.69, 9.17) is 0 Å². The normalized spacial score (nSPS) is 14.8. The molecule has 0 spiro atoms. The van der Waals surface area contributed by atoms with Crippen LogP contribution in [0.25, 0.3) is 72.0 Å². The van der Waals surface area contributed by atoms with Crippen LogP contribution in [-0.2, 0) is 21.7 Å². The van der Waals surface area contributed by atoms with Crippen LogP contribution in [0.2, 0.25) is 0 Å². The topological polar surface area (TPSA) is 11.4 Å². The lowest BCUT2D eigenvalue weighted by Crippen LogP contribution is -2.61. The van der Waals surface area contributed by atoms with Gasteiger partial charge >= 0.3 is 0 Å². The average molecular weight is 1100 g/mol. The summed E-state index contributed by atoms with van der Waals surface area (Å²) in [6, 6.07) is 92.5. The smallest absolute Gasteiger partial charge is 0.252 e. The lowest BCUT2D eigenvalue weighted by molar-refractivity contribution is 0.403. The van der Waals surface area contributed by atoms with E-state index in [1.807, 2.05) is 0 Å². The molecule has 0 fully saturated rings. The van der Waals surface area contributed by atoms with E-state index >= 15 is 0 Å². The molecule has 3 aliphatic rings. The summed E-state index contributed by atoms with van der Waals surface area (Å²) in [5.41, 5.74) is 29.8. The van der Waals surface area contributed by atoms with E-state index < -0.39 is 0 Å². The Morgan fingerprint density at radius 2 is 0.729 bits per heavy atom. The first-order valence-electron chi connectivity index (χ1n) is 30.6. The molecule has 0 N–H and O–H groups in total. The van der Waals surface area contributed by atoms with E-state index in [0.717, 1.165) is 29.2 Å². The van der Waals surface area contributed by atoms with E-state index in [9.17, 15) is 0 Å². The molecule has 0 saturated carbocycles. The third kappa shape index (κ3) is 8.70. The van der Waals surface area contributed by atoms with Gasteiger partial charge in [0.1, 0.15) is 0 Å². The first-order chi connectivity index (χ1) is 40.9. The Morgan fingerprint density at radius 3 is 1.21 bits per heavy atom. The summed E-state index contributed by atoms with van der Waals surface area (Å²) in [4.78, 5) is 5.18. The number of para-hydroxylation sites is 2. The Labute approximate surface area is 503 Å². The maximum atomic E-state index is 2.59. The van der Waals surface area contributed by atoms with E-state index in [2.05, 4.69) is 326 Å². The van der Waals surface area contributed by atoms with Crippen molar-refractivity contribution in [1.29, 1.82) is 0 Å². The Balaban J connectivity index is 1.00. The molecule has 0 amide bonds. The summed E-state index contributed by atoms with van der Waals surface area (Å²) in [7, 11) is 0. The maximum absolute atomic E-state index is 2.59. The van der Waals surface area contributed by atoms with Crippen molar-refractivity contribution >= 4 is 79.0 Å². The average Bonchev–Trinajstić information content (AvgIpc) is 1.17. The number of rotatable bonds is 7. The maximum Gasteiger partial charge on any atom is 0.252 e. The second-order valence-electron chi connectivity index (χ2n) is 27.7. The first-order valence-corrected chi connectivity index (χ1v) is 30.6. The summed E-state index contributed by atoms with van der Waals surface area (Å²) >= 11 is 0. The first kappa shape index (κ1) is 52.7. The van der Waals surface area contributed by atoms with Crippen molar-refractivity contribution < 1.29 is 0 Å². The summed E-state index contributed by atoms with van der Waals surface area (Å²) < 4.78 is 2.51. The van der Waals surface area contributed by atoms with Crippen molar-refractivity contribution in [2.24, 2.45) is 0 Å². The molecular formula is C81H72BN3. The number of fused-ring (bicyclic) bond motifs is 8. The van der Waals surface area contributed by atoms with Crippen molar-refractivity contribution in [2.75, 3.05) is 9.80 Å². The van der Waals surface area contributed by atoms with E-state index in [1.165, 1.54) is 122 Å². The van der Waals surface area contributed by atoms with Gasteiger partial charge < -0.3 is 14.4 Å². The molecule has 2 aliphatic heterocycles. The highest BCUT2D eigenvalue weighted by Crippen LogP contribution is 2.52. The molecule has 0 unspecified atom stereocenters. The zero-order chi connectivity index (χ0) is 58.3. The number of aromatic nitrogens is 1. The van der Waals surface area contributed by atoms with Gasteiger partial charge in [0.05, 0.1) is 16.7 Å². The van der Waals surface area contributed by atoms with Gasteiger partial charge in [-0.2, -0.15) is 0 Å². The standard InChI is InChI=1S/C81H72BN3/c1-78(2,3)60-43-59(44-61(48-60)79(4,5)6)55-31-38-63(39-32-55)84-74-47-58(53-23-15-12-16-24-53)35-42-70(74)82-69-41-34-57(52-21-13-11-14-22-52)46-73(69)83(62-36-29-54(30-37-62)56-33-40-67-68(45-56)81(9,10)51-80(67,7)8)75-49-64(50-76(84)77(75)82)85-71-27-19-17-25-65(71)66-26-18-20-28-72(66)85/h11-50H,51H2,1-10H3. The monoisotopic (exact) mass is 1100 g/mol. The number of nitrogens with zero attached hydrogens (tertiary/aromatic N) is 3. The quantitative estimate of drug-likeness (QED) is 0.147. The zero-order valence-electron chi connectivity index (χ0n) is 50.7. The van der Waals surface area contributed by atoms with Crippen molar-refractivity contribution in [1.82, 2.24) is 4.57 Å². The van der Waals surface area contributed by atoms with Gasteiger partial charge in [0, 0.05) is 44.9 Å². The minimum absolute atomic E-state index is 0.00438. The molecule has 0 radical (unpaired) electrons. The van der Waals surface area contributed by atoms with Crippen molar-refractivity contribution in [2.45, 2.75) is 97.3 Å². The fraction of sp³-hybridized carbons (Fsp3) is 0.185. The molecule has 0 atom stereocenters. The predicted molar refractivity (Wildman–Crippen MR) is 365 cm³/mol. The predicted octanol–water partition coefficient (Wildman–Crippen LogP) is 20.1. The van der Waals surface area contributed by atoms with Crippen LogP contribution in [0.1, 0.15) is 97.9 Å². The molecule has 414 valence electrons. The van der Waals surface area contributed by atoms with Gasteiger partial charge in [-0.05, 0) is 172 Å². The van der Waals surface area contributed by atoms with Crippen LogP contribution in [0.4, 0.5) is 34.1 Å². The third-order valence-corrected chi connectivity index (χ3v) is 19.1. The largest absolute Gasteiger partial charge is 0.311 e.